The first-order valence-electron chi connectivity index (χ1n) is 8.51. The molecule has 1 amide bonds. The predicted octanol–water partition coefficient (Wildman–Crippen LogP) is 1.74. The van der Waals surface area contributed by atoms with Crippen LogP contribution in [0.15, 0.2) is 18.2 Å². The first-order chi connectivity index (χ1) is 11.2. The molecule has 1 atom stereocenters. The number of carbonyl (C=O) groups is 1. The second-order valence-electron chi connectivity index (χ2n) is 6.39. The minimum atomic E-state index is 0.0949. The SMILES string of the molecule is COc1ccc2c(c1)CCCN(CC(=O)NC[C@H]1CCCO1)C2. The fraction of sp³-hybridized carbons (Fsp3) is 0.611. The van der Waals surface area contributed by atoms with E-state index in [-0.39, 0.29) is 12.0 Å². The molecule has 23 heavy (non-hydrogen) atoms. The fourth-order valence-electron chi connectivity index (χ4n) is 3.36. The van der Waals surface area contributed by atoms with Gasteiger partial charge in [-0.05, 0) is 55.5 Å². The van der Waals surface area contributed by atoms with Gasteiger partial charge < -0.3 is 14.8 Å². The summed E-state index contributed by atoms with van der Waals surface area (Å²) in [5.74, 6) is 1.00. The standard InChI is InChI=1S/C18H26N2O3/c1-22-16-7-6-15-12-20(8-2-4-14(15)10-16)13-18(21)19-11-17-5-3-9-23-17/h6-7,10,17H,2-5,8-9,11-13H2,1H3,(H,19,21)/t17-/m1/s1. The Kier molecular flexibility index (Phi) is 5.51. The van der Waals surface area contributed by atoms with Crippen LogP contribution >= 0.6 is 0 Å². The van der Waals surface area contributed by atoms with Crippen molar-refractivity contribution in [2.24, 2.45) is 0 Å². The molecule has 2 aliphatic heterocycles. The lowest BCUT2D eigenvalue weighted by atomic mass is 10.0. The van der Waals surface area contributed by atoms with E-state index in [4.69, 9.17) is 9.47 Å². The normalized spacial score (nSPS) is 21.5. The van der Waals surface area contributed by atoms with Crippen LogP contribution in [0.1, 0.15) is 30.4 Å². The summed E-state index contributed by atoms with van der Waals surface area (Å²) in [7, 11) is 1.70. The van der Waals surface area contributed by atoms with Crippen LogP contribution in [-0.2, 0) is 22.5 Å². The largest absolute Gasteiger partial charge is 0.497 e. The van der Waals surface area contributed by atoms with Crippen LogP contribution < -0.4 is 10.1 Å². The Hall–Kier alpha value is -1.59. The Morgan fingerprint density at radius 3 is 3.09 bits per heavy atom. The van der Waals surface area contributed by atoms with Crippen molar-refractivity contribution in [2.45, 2.75) is 38.3 Å². The van der Waals surface area contributed by atoms with Crippen LogP contribution in [0.25, 0.3) is 0 Å². The second kappa shape index (κ2) is 7.79. The smallest absolute Gasteiger partial charge is 0.234 e. The van der Waals surface area contributed by atoms with E-state index in [1.54, 1.807) is 7.11 Å². The van der Waals surface area contributed by atoms with Gasteiger partial charge in [-0.3, -0.25) is 9.69 Å². The van der Waals surface area contributed by atoms with Crippen LogP contribution in [0.5, 0.6) is 5.75 Å². The van der Waals surface area contributed by atoms with Gasteiger partial charge in [-0.2, -0.15) is 0 Å². The molecule has 0 aliphatic carbocycles. The van der Waals surface area contributed by atoms with Crippen molar-refractivity contribution < 1.29 is 14.3 Å². The van der Waals surface area contributed by atoms with E-state index >= 15 is 0 Å². The Labute approximate surface area is 137 Å². The van der Waals surface area contributed by atoms with Gasteiger partial charge in [0, 0.05) is 19.7 Å². The third-order valence-electron chi connectivity index (χ3n) is 4.65. The minimum Gasteiger partial charge on any atom is -0.497 e. The van der Waals surface area contributed by atoms with Crippen molar-refractivity contribution in [3.8, 4) is 5.75 Å². The zero-order valence-corrected chi connectivity index (χ0v) is 13.8. The topological polar surface area (TPSA) is 50.8 Å². The molecule has 5 heteroatoms. The van der Waals surface area contributed by atoms with Crippen molar-refractivity contribution in [1.82, 2.24) is 10.2 Å². The second-order valence-corrected chi connectivity index (χ2v) is 6.39. The van der Waals surface area contributed by atoms with E-state index in [1.807, 2.05) is 6.07 Å². The highest BCUT2D eigenvalue weighted by molar-refractivity contribution is 5.78. The van der Waals surface area contributed by atoms with Crippen molar-refractivity contribution in [1.29, 1.82) is 0 Å². The number of ether oxygens (including phenoxy) is 2. The summed E-state index contributed by atoms with van der Waals surface area (Å²) in [6.45, 7) is 3.70. The molecule has 2 aliphatic rings. The average Bonchev–Trinajstić information content (AvgIpc) is 3.00. The highest BCUT2D eigenvalue weighted by Gasteiger charge is 2.19. The van der Waals surface area contributed by atoms with E-state index in [9.17, 15) is 4.79 Å². The molecule has 5 nitrogen and oxygen atoms in total. The molecule has 1 aromatic carbocycles. The molecule has 126 valence electrons. The maximum Gasteiger partial charge on any atom is 0.234 e. The Bertz CT molecular complexity index is 541. The molecule has 0 spiro atoms. The van der Waals surface area contributed by atoms with Crippen LogP contribution in [0, 0.1) is 0 Å². The van der Waals surface area contributed by atoms with Gasteiger partial charge in [0.25, 0.3) is 0 Å². The molecule has 0 aromatic heterocycles. The summed E-state index contributed by atoms with van der Waals surface area (Å²) in [6.07, 6.45) is 4.47. The van der Waals surface area contributed by atoms with Gasteiger partial charge in [0.2, 0.25) is 5.91 Å². The summed E-state index contributed by atoms with van der Waals surface area (Å²) in [5, 5.41) is 3.01. The first-order valence-corrected chi connectivity index (χ1v) is 8.51. The lowest BCUT2D eigenvalue weighted by Gasteiger charge is -2.20. The Morgan fingerprint density at radius 2 is 2.30 bits per heavy atom. The Balaban J connectivity index is 1.52. The van der Waals surface area contributed by atoms with E-state index in [0.29, 0.717) is 13.1 Å². The van der Waals surface area contributed by atoms with Gasteiger partial charge in [-0.25, -0.2) is 0 Å². The molecule has 1 fully saturated rings. The average molecular weight is 318 g/mol. The van der Waals surface area contributed by atoms with Crippen molar-refractivity contribution in [2.75, 3.05) is 33.4 Å². The molecule has 0 radical (unpaired) electrons. The van der Waals surface area contributed by atoms with Crippen LogP contribution in [0.4, 0.5) is 0 Å². The summed E-state index contributed by atoms with van der Waals surface area (Å²) in [5.41, 5.74) is 2.64. The minimum absolute atomic E-state index is 0.0949. The van der Waals surface area contributed by atoms with Gasteiger partial charge in [0.15, 0.2) is 0 Å². The first kappa shape index (κ1) is 16.3. The molecule has 1 aromatic rings. The number of benzene rings is 1. The number of nitrogens with one attached hydrogen (secondary N) is 1. The quantitative estimate of drug-likeness (QED) is 0.898. The molecule has 0 bridgehead atoms. The van der Waals surface area contributed by atoms with Gasteiger partial charge >= 0.3 is 0 Å². The van der Waals surface area contributed by atoms with Gasteiger partial charge in [0.05, 0.1) is 19.8 Å². The zero-order chi connectivity index (χ0) is 16.1. The summed E-state index contributed by atoms with van der Waals surface area (Å²) in [6, 6.07) is 6.24. The van der Waals surface area contributed by atoms with E-state index in [2.05, 4.69) is 22.3 Å². The van der Waals surface area contributed by atoms with E-state index in [1.165, 1.54) is 11.1 Å². The lowest BCUT2D eigenvalue weighted by Crippen LogP contribution is -2.40. The summed E-state index contributed by atoms with van der Waals surface area (Å²) in [4.78, 5) is 14.4. The van der Waals surface area contributed by atoms with Crippen molar-refractivity contribution in [3.63, 3.8) is 0 Å². The van der Waals surface area contributed by atoms with Gasteiger partial charge in [-0.1, -0.05) is 6.07 Å². The van der Waals surface area contributed by atoms with Gasteiger partial charge in [0.1, 0.15) is 5.75 Å². The number of hydrogen-bond donors (Lipinski definition) is 1. The fourth-order valence-corrected chi connectivity index (χ4v) is 3.36. The number of amides is 1. The summed E-state index contributed by atoms with van der Waals surface area (Å²) < 4.78 is 10.8. The van der Waals surface area contributed by atoms with E-state index in [0.717, 1.165) is 51.1 Å². The molecule has 2 heterocycles. The number of fused-ring (bicyclic) bond motifs is 1. The third-order valence-corrected chi connectivity index (χ3v) is 4.65. The molecular formula is C18H26N2O3. The maximum atomic E-state index is 12.2. The molecule has 1 N–H and O–H groups in total. The molecule has 0 unspecified atom stereocenters. The number of nitrogens with zero attached hydrogens (tertiary/aromatic N) is 1. The van der Waals surface area contributed by atoms with Crippen LogP contribution in [0.2, 0.25) is 0 Å². The molecule has 3 rings (SSSR count). The highest BCUT2D eigenvalue weighted by Crippen LogP contribution is 2.23. The highest BCUT2D eigenvalue weighted by atomic mass is 16.5. The maximum absolute atomic E-state index is 12.2. The molecule has 1 saturated heterocycles. The third kappa shape index (κ3) is 4.45. The number of rotatable bonds is 5. The number of methoxy groups -OCH3 is 1. The van der Waals surface area contributed by atoms with Crippen LogP contribution in [0.3, 0.4) is 0 Å². The van der Waals surface area contributed by atoms with Gasteiger partial charge in [-0.15, -0.1) is 0 Å². The van der Waals surface area contributed by atoms with Crippen molar-refractivity contribution >= 4 is 5.91 Å². The lowest BCUT2D eigenvalue weighted by molar-refractivity contribution is -0.122. The van der Waals surface area contributed by atoms with Crippen molar-refractivity contribution in [3.05, 3.63) is 29.3 Å². The zero-order valence-electron chi connectivity index (χ0n) is 13.8. The number of carbonyl (C=O) groups excluding carboxylic acids is 1. The number of hydrogen-bond acceptors (Lipinski definition) is 4. The summed E-state index contributed by atoms with van der Waals surface area (Å²) >= 11 is 0. The van der Waals surface area contributed by atoms with Crippen LogP contribution in [-0.4, -0.2) is 50.3 Å². The monoisotopic (exact) mass is 318 g/mol. The van der Waals surface area contributed by atoms with E-state index < -0.39 is 0 Å². The Morgan fingerprint density at radius 1 is 1.39 bits per heavy atom. The number of aryl methyl sites for hydroxylation is 1. The predicted molar refractivity (Wildman–Crippen MR) is 88.6 cm³/mol. The molecular weight excluding hydrogens is 292 g/mol. The molecule has 0 saturated carbocycles.